The van der Waals surface area contributed by atoms with Gasteiger partial charge in [-0.2, -0.15) is 5.26 Å². The number of amides is 1. The van der Waals surface area contributed by atoms with E-state index >= 15 is 0 Å². The molecule has 0 fully saturated rings. The Morgan fingerprint density at radius 3 is 2.68 bits per heavy atom. The van der Waals surface area contributed by atoms with E-state index in [1.807, 2.05) is 6.07 Å². The van der Waals surface area contributed by atoms with E-state index in [1.54, 1.807) is 30.3 Å². The third-order valence-electron chi connectivity index (χ3n) is 2.73. The van der Waals surface area contributed by atoms with Crippen molar-refractivity contribution in [3.05, 3.63) is 59.7 Å². The first kappa shape index (κ1) is 15.1. The summed E-state index contributed by atoms with van der Waals surface area (Å²) < 4.78 is 4.82. The lowest BCUT2D eigenvalue weighted by molar-refractivity contribution is -0.119. The molecule has 0 aliphatic carbocycles. The number of esters is 1. The van der Waals surface area contributed by atoms with Crippen LogP contribution in [0.4, 0.5) is 5.69 Å². The molecule has 0 saturated heterocycles. The van der Waals surface area contributed by atoms with Gasteiger partial charge in [-0.3, -0.25) is 4.79 Å². The van der Waals surface area contributed by atoms with Crippen LogP contribution in [-0.2, 0) is 9.53 Å². The van der Waals surface area contributed by atoms with E-state index in [0.717, 1.165) is 0 Å². The zero-order chi connectivity index (χ0) is 15.9. The molecular weight excluding hydrogens is 284 g/mol. The quantitative estimate of drug-likeness (QED) is 0.841. The number of carbonyl (C=O) groups excluding carboxylic acids is 2. The standard InChI is InChI=1S/C16H12N2O4/c17-9-11-4-3-5-12(8-11)18-15(20)10-22-16(21)13-6-1-2-7-14(13)19/h1-8,19H,10H2,(H,18,20). The fourth-order valence-corrected chi connectivity index (χ4v) is 1.72. The molecular formula is C16H12N2O4. The first-order valence-electron chi connectivity index (χ1n) is 6.35. The van der Waals surface area contributed by atoms with Gasteiger partial charge in [0.25, 0.3) is 5.91 Å². The number of hydrogen-bond donors (Lipinski definition) is 2. The summed E-state index contributed by atoms with van der Waals surface area (Å²) in [5, 5.41) is 20.8. The lowest BCUT2D eigenvalue weighted by atomic mass is 10.2. The van der Waals surface area contributed by atoms with Crippen molar-refractivity contribution in [2.75, 3.05) is 11.9 Å². The smallest absolute Gasteiger partial charge is 0.342 e. The molecule has 2 aromatic rings. The van der Waals surface area contributed by atoms with Crippen molar-refractivity contribution in [2.24, 2.45) is 0 Å². The van der Waals surface area contributed by atoms with Gasteiger partial charge in [-0.15, -0.1) is 0 Å². The van der Waals surface area contributed by atoms with Gasteiger partial charge in [0.2, 0.25) is 0 Å². The monoisotopic (exact) mass is 296 g/mol. The lowest BCUT2D eigenvalue weighted by Gasteiger charge is -2.07. The van der Waals surface area contributed by atoms with Crippen LogP contribution in [-0.4, -0.2) is 23.6 Å². The molecule has 0 aliphatic heterocycles. The number of nitrogens with zero attached hydrogens (tertiary/aromatic N) is 1. The molecule has 2 aromatic carbocycles. The summed E-state index contributed by atoms with van der Waals surface area (Å²) in [4.78, 5) is 23.4. The molecule has 0 radical (unpaired) electrons. The minimum Gasteiger partial charge on any atom is -0.507 e. The van der Waals surface area contributed by atoms with Crippen LogP contribution in [0, 0.1) is 11.3 Å². The Balaban J connectivity index is 1.92. The summed E-state index contributed by atoms with van der Waals surface area (Å²) in [5.74, 6) is -1.55. The van der Waals surface area contributed by atoms with Crippen molar-refractivity contribution >= 4 is 17.6 Å². The van der Waals surface area contributed by atoms with Crippen LogP contribution in [0.25, 0.3) is 0 Å². The second-order valence-corrected chi connectivity index (χ2v) is 4.33. The SMILES string of the molecule is N#Cc1cccc(NC(=O)COC(=O)c2ccccc2O)c1. The van der Waals surface area contributed by atoms with E-state index in [-0.39, 0.29) is 11.3 Å². The fourth-order valence-electron chi connectivity index (χ4n) is 1.72. The van der Waals surface area contributed by atoms with E-state index in [2.05, 4.69) is 5.32 Å². The Bertz CT molecular complexity index is 750. The number of ether oxygens (including phenoxy) is 1. The Morgan fingerprint density at radius 2 is 1.95 bits per heavy atom. The molecule has 0 aliphatic rings. The highest BCUT2D eigenvalue weighted by Gasteiger charge is 2.13. The number of hydrogen-bond acceptors (Lipinski definition) is 5. The fraction of sp³-hybridized carbons (Fsp3) is 0.0625. The average molecular weight is 296 g/mol. The van der Waals surface area contributed by atoms with Crippen LogP contribution in [0.2, 0.25) is 0 Å². The first-order valence-corrected chi connectivity index (χ1v) is 6.35. The first-order chi connectivity index (χ1) is 10.6. The molecule has 22 heavy (non-hydrogen) atoms. The van der Waals surface area contributed by atoms with Gasteiger partial charge >= 0.3 is 5.97 Å². The number of benzene rings is 2. The number of anilines is 1. The Labute approximate surface area is 126 Å². The molecule has 2 rings (SSSR count). The van der Waals surface area contributed by atoms with Crippen molar-refractivity contribution in [1.29, 1.82) is 5.26 Å². The molecule has 6 heteroatoms. The van der Waals surface area contributed by atoms with Crippen molar-refractivity contribution in [2.45, 2.75) is 0 Å². The Morgan fingerprint density at radius 1 is 1.18 bits per heavy atom. The number of nitrogens with one attached hydrogen (secondary N) is 1. The Kier molecular flexibility index (Phi) is 4.73. The maximum Gasteiger partial charge on any atom is 0.342 e. The third kappa shape index (κ3) is 3.84. The number of phenols is 1. The highest BCUT2D eigenvalue weighted by molar-refractivity contribution is 5.96. The Hall–Kier alpha value is -3.33. The van der Waals surface area contributed by atoms with Crippen LogP contribution in [0.3, 0.4) is 0 Å². The van der Waals surface area contributed by atoms with E-state index < -0.39 is 18.5 Å². The molecule has 0 bridgehead atoms. The number of aromatic hydroxyl groups is 1. The number of carbonyl (C=O) groups is 2. The second-order valence-electron chi connectivity index (χ2n) is 4.33. The van der Waals surface area contributed by atoms with Gasteiger partial charge in [-0.25, -0.2) is 4.79 Å². The number of rotatable bonds is 4. The van der Waals surface area contributed by atoms with Crippen molar-refractivity contribution < 1.29 is 19.4 Å². The molecule has 0 atom stereocenters. The second kappa shape index (κ2) is 6.90. The summed E-state index contributed by atoms with van der Waals surface area (Å²) in [5.41, 5.74) is 0.827. The van der Waals surface area contributed by atoms with Crippen molar-refractivity contribution in [1.82, 2.24) is 0 Å². The van der Waals surface area contributed by atoms with Gasteiger partial charge in [0.05, 0.1) is 11.6 Å². The molecule has 0 aromatic heterocycles. The van der Waals surface area contributed by atoms with Crippen LogP contribution in [0.5, 0.6) is 5.75 Å². The largest absolute Gasteiger partial charge is 0.507 e. The molecule has 110 valence electrons. The number of phenolic OH excluding ortho intramolecular Hbond substituents is 1. The molecule has 0 spiro atoms. The minimum atomic E-state index is -0.793. The molecule has 0 unspecified atom stereocenters. The normalized spacial score (nSPS) is 9.59. The van der Waals surface area contributed by atoms with E-state index in [1.165, 1.54) is 18.2 Å². The lowest BCUT2D eigenvalue weighted by Crippen LogP contribution is -2.21. The maximum absolute atomic E-state index is 11.7. The van der Waals surface area contributed by atoms with Crippen LogP contribution in [0.15, 0.2) is 48.5 Å². The molecule has 0 saturated carbocycles. The molecule has 2 N–H and O–H groups in total. The highest BCUT2D eigenvalue weighted by Crippen LogP contribution is 2.16. The van der Waals surface area contributed by atoms with Gasteiger partial charge < -0.3 is 15.2 Å². The van der Waals surface area contributed by atoms with E-state index in [0.29, 0.717) is 11.3 Å². The summed E-state index contributed by atoms with van der Waals surface area (Å²) in [7, 11) is 0. The zero-order valence-electron chi connectivity index (χ0n) is 11.4. The third-order valence-corrected chi connectivity index (χ3v) is 2.73. The van der Waals surface area contributed by atoms with Gasteiger partial charge in [0, 0.05) is 5.69 Å². The summed E-state index contributed by atoms with van der Waals surface area (Å²) in [6.45, 7) is -0.496. The number of nitriles is 1. The van der Waals surface area contributed by atoms with Crippen LogP contribution >= 0.6 is 0 Å². The van der Waals surface area contributed by atoms with Crippen molar-refractivity contribution in [3.63, 3.8) is 0 Å². The van der Waals surface area contributed by atoms with Gasteiger partial charge in [0.15, 0.2) is 6.61 Å². The molecule has 0 heterocycles. The van der Waals surface area contributed by atoms with E-state index in [4.69, 9.17) is 10.00 Å². The summed E-state index contributed by atoms with van der Waals surface area (Å²) in [6, 6.07) is 14.2. The topological polar surface area (TPSA) is 99.4 Å². The predicted octanol–water partition coefficient (Wildman–Crippen LogP) is 2.06. The number of para-hydroxylation sites is 1. The summed E-state index contributed by atoms with van der Waals surface area (Å²) in [6.07, 6.45) is 0. The van der Waals surface area contributed by atoms with Gasteiger partial charge in [-0.1, -0.05) is 18.2 Å². The zero-order valence-corrected chi connectivity index (χ0v) is 11.4. The minimum absolute atomic E-state index is 0.0122. The van der Waals surface area contributed by atoms with Crippen LogP contribution < -0.4 is 5.32 Å². The van der Waals surface area contributed by atoms with Gasteiger partial charge in [0.1, 0.15) is 11.3 Å². The maximum atomic E-state index is 11.7. The highest BCUT2D eigenvalue weighted by atomic mass is 16.5. The summed E-state index contributed by atoms with van der Waals surface area (Å²) >= 11 is 0. The van der Waals surface area contributed by atoms with Gasteiger partial charge in [-0.05, 0) is 30.3 Å². The van der Waals surface area contributed by atoms with E-state index in [9.17, 15) is 14.7 Å². The molecule has 6 nitrogen and oxygen atoms in total. The average Bonchev–Trinajstić information content (AvgIpc) is 2.53. The predicted molar refractivity (Wildman–Crippen MR) is 78.2 cm³/mol. The van der Waals surface area contributed by atoms with Crippen LogP contribution in [0.1, 0.15) is 15.9 Å². The van der Waals surface area contributed by atoms with Crippen molar-refractivity contribution in [3.8, 4) is 11.8 Å². The molecule has 1 amide bonds.